The van der Waals surface area contributed by atoms with E-state index in [1.54, 1.807) is 0 Å². The summed E-state index contributed by atoms with van der Waals surface area (Å²) in [5.41, 5.74) is 0.245. The topological polar surface area (TPSA) is 74.6 Å². The van der Waals surface area contributed by atoms with E-state index in [2.05, 4.69) is 34.6 Å². The van der Waals surface area contributed by atoms with Crippen molar-refractivity contribution in [1.82, 2.24) is 0 Å². The molecule has 0 aliphatic rings. The van der Waals surface area contributed by atoms with E-state index >= 15 is 0 Å². The zero-order chi connectivity index (χ0) is 16.3. The van der Waals surface area contributed by atoms with Crippen molar-refractivity contribution in [3.8, 4) is 0 Å². The summed E-state index contributed by atoms with van der Waals surface area (Å²) in [7, 11) is 0. The van der Waals surface area contributed by atoms with Gasteiger partial charge in [-0.05, 0) is 30.1 Å². The van der Waals surface area contributed by atoms with Crippen LogP contribution in [-0.4, -0.2) is 22.2 Å². The molecule has 2 N–H and O–H groups in total. The lowest BCUT2D eigenvalue weighted by Crippen LogP contribution is -2.13. The largest absolute Gasteiger partial charge is 0.481 e. The van der Waals surface area contributed by atoms with Gasteiger partial charge in [0, 0.05) is 12.8 Å². The molecule has 4 nitrogen and oxygen atoms in total. The quantitative estimate of drug-likeness (QED) is 0.726. The highest BCUT2D eigenvalue weighted by molar-refractivity contribution is 5.67. The second-order valence-electron chi connectivity index (χ2n) is 6.91. The Morgan fingerprint density at radius 2 is 1.50 bits per heavy atom. The maximum atomic E-state index is 10.3. The highest BCUT2D eigenvalue weighted by atomic mass is 16.4. The van der Waals surface area contributed by atoms with Crippen molar-refractivity contribution in [3.63, 3.8) is 0 Å². The second-order valence-corrected chi connectivity index (χ2v) is 6.91. The molecule has 0 saturated carbocycles. The lowest BCUT2D eigenvalue weighted by Gasteiger charge is -2.21. The number of hydrogen-bond donors (Lipinski definition) is 2. The first-order valence-electron chi connectivity index (χ1n) is 7.41. The van der Waals surface area contributed by atoms with Crippen LogP contribution in [0.1, 0.15) is 73.6 Å². The van der Waals surface area contributed by atoms with Gasteiger partial charge in [0.05, 0.1) is 0 Å². The molecule has 0 spiro atoms. The summed E-state index contributed by atoms with van der Waals surface area (Å²) in [5, 5.41) is 16.7. The van der Waals surface area contributed by atoms with Gasteiger partial charge >= 0.3 is 11.9 Å². The van der Waals surface area contributed by atoms with Gasteiger partial charge in [-0.1, -0.05) is 48.0 Å². The summed E-state index contributed by atoms with van der Waals surface area (Å²) in [4.78, 5) is 20.3. The molecular weight excluding hydrogens is 256 g/mol. The summed E-state index contributed by atoms with van der Waals surface area (Å²) >= 11 is 0. The Kier molecular flexibility index (Phi) is 11.4. The van der Waals surface area contributed by atoms with Crippen molar-refractivity contribution < 1.29 is 19.8 Å². The summed E-state index contributed by atoms with van der Waals surface area (Å²) in [6, 6.07) is 0. The minimum Gasteiger partial charge on any atom is -0.481 e. The van der Waals surface area contributed by atoms with Crippen LogP contribution in [0.4, 0.5) is 0 Å². The minimum atomic E-state index is -0.693. The lowest BCUT2D eigenvalue weighted by molar-refractivity contribution is -0.138. The smallest absolute Gasteiger partial charge is 0.303 e. The third-order valence-corrected chi connectivity index (χ3v) is 3.03. The number of carbonyl (C=O) groups is 2. The van der Waals surface area contributed by atoms with Crippen molar-refractivity contribution in [1.29, 1.82) is 0 Å². The van der Waals surface area contributed by atoms with Gasteiger partial charge < -0.3 is 10.2 Å². The number of hydrogen-bond acceptors (Lipinski definition) is 2. The third kappa shape index (κ3) is 19.3. The molecule has 0 aliphatic carbocycles. The molecule has 0 heterocycles. The molecule has 0 aromatic carbocycles. The number of rotatable bonds is 7. The lowest BCUT2D eigenvalue weighted by atomic mass is 9.84. The molecule has 0 aromatic rings. The maximum absolute atomic E-state index is 10.3. The van der Waals surface area contributed by atoms with Crippen LogP contribution in [0.25, 0.3) is 0 Å². The van der Waals surface area contributed by atoms with E-state index in [4.69, 9.17) is 10.2 Å². The van der Waals surface area contributed by atoms with E-state index in [1.807, 2.05) is 6.92 Å². The van der Waals surface area contributed by atoms with Crippen molar-refractivity contribution in [3.05, 3.63) is 0 Å². The van der Waals surface area contributed by atoms with Gasteiger partial charge in [-0.25, -0.2) is 0 Å². The standard InChI is InChI=1S/C9H18O2.C7H14O2/c1-7(5-8(10)11)6-9(2,3)4;1-3-6(2)4-5-7(8)9/h7H,5-6H2,1-4H3,(H,10,11);6H,3-5H2,1-2H3,(H,8,9). The van der Waals surface area contributed by atoms with Gasteiger partial charge in [0.1, 0.15) is 0 Å². The van der Waals surface area contributed by atoms with Crippen molar-refractivity contribution >= 4 is 11.9 Å². The molecule has 0 amide bonds. The molecule has 20 heavy (non-hydrogen) atoms. The number of carboxylic acid groups (broad SMARTS) is 2. The van der Waals surface area contributed by atoms with Crippen LogP contribution in [0, 0.1) is 17.3 Å². The molecule has 0 saturated heterocycles. The fourth-order valence-electron chi connectivity index (χ4n) is 1.99. The van der Waals surface area contributed by atoms with Crippen LogP contribution in [0.15, 0.2) is 0 Å². The first-order valence-corrected chi connectivity index (χ1v) is 7.41. The van der Waals surface area contributed by atoms with Crippen molar-refractivity contribution in [2.75, 3.05) is 0 Å². The highest BCUT2D eigenvalue weighted by Crippen LogP contribution is 2.25. The molecule has 2 atom stereocenters. The molecule has 0 fully saturated rings. The first-order chi connectivity index (χ1) is 8.97. The Morgan fingerprint density at radius 3 is 1.80 bits per heavy atom. The van der Waals surface area contributed by atoms with Crippen LogP contribution in [0.5, 0.6) is 0 Å². The highest BCUT2D eigenvalue weighted by Gasteiger charge is 2.16. The SMILES string of the molecule is CC(CC(=O)O)CC(C)(C)C.CCC(C)CCC(=O)O. The van der Waals surface area contributed by atoms with Crippen LogP contribution in [0.2, 0.25) is 0 Å². The predicted molar refractivity (Wildman–Crippen MR) is 81.8 cm³/mol. The Hall–Kier alpha value is -1.06. The molecule has 0 aromatic heterocycles. The molecule has 0 bridgehead atoms. The van der Waals surface area contributed by atoms with Crippen LogP contribution in [0.3, 0.4) is 0 Å². The minimum absolute atomic E-state index is 0.245. The van der Waals surface area contributed by atoms with Crippen LogP contribution in [-0.2, 0) is 9.59 Å². The van der Waals surface area contributed by atoms with E-state index in [9.17, 15) is 9.59 Å². The maximum Gasteiger partial charge on any atom is 0.303 e. The zero-order valence-corrected chi connectivity index (χ0v) is 13.9. The Balaban J connectivity index is 0. The Bertz CT molecular complexity index is 279. The first kappa shape index (κ1) is 21.2. The van der Waals surface area contributed by atoms with Crippen molar-refractivity contribution in [2.45, 2.75) is 73.6 Å². The van der Waals surface area contributed by atoms with E-state index in [1.165, 1.54) is 0 Å². The fraction of sp³-hybridized carbons (Fsp3) is 0.875. The Morgan fingerprint density at radius 1 is 1.00 bits per heavy atom. The van der Waals surface area contributed by atoms with Crippen molar-refractivity contribution in [2.24, 2.45) is 17.3 Å². The fourth-order valence-corrected chi connectivity index (χ4v) is 1.99. The second kappa shape index (κ2) is 10.7. The van der Waals surface area contributed by atoms with Gasteiger partial charge in [-0.2, -0.15) is 0 Å². The van der Waals surface area contributed by atoms with Crippen LogP contribution >= 0.6 is 0 Å². The normalized spacial score (nSPS) is 13.9. The van der Waals surface area contributed by atoms with Gasteiger partial charge in [0.2, 0.25) is 0 Å². The molecule has 0 aliphatic heterocycles. The molecule has 2 unspecified atom stereocenters. The predicted octanol–water partition coefficient (Wildman–Crippen LogP) is 4.43. The van der Waals surface area contributed by atoms with Gasteiger partial charge in [0.15, 0.2) is 0 Å². The average Bonchev–Trinajstić information content (AvgIpc) is 2.22. The van der Waals surface area contributed by atoms with Gasteiger partial charge in [-0.15, -0.1) is 0 Å². The molecule has 4 heteroatoms. The van der Waals surface area contributed by atoms with E-state index < -0.39 is 11.9 Å². The zero-order valence-electron chi connectivity index (χ0n) is 13.9. The van der Waals surface area contributed by atoms with Crippen LogP contribution < -0.4 is 0 Å². The summed E-state index contributed by atoms with van der Waals surface area (Å²) < 4.78 is 0. The molecule has 0 rings (SSSR count). The van der Waals surface area contributed by atoms with E-state index in [0.717, 1.165) is 19.3 Å². The van der Waals surface area contributed by atoms with Gasteiger partial charge in [0.25, 0.3) is 0 Å². The molecular formula is C16H32O4. The molecule has 0 radical (unpaired) electrons. The third-order valence-electron chi connectivity index (χ3n) is 3.03. The van der Waals surface area contributed by atoms with E-state index in [0.29, 0.717) is 12.3 Å². The number of carboxylic acids is 2. The average molecular weight is 288 g/mol. The Labute approximate surface area is 123 Å². The summed E-state index contributed by atoms with van der Waals surface area (Å²) in [6.07, 6.45) is 3.46. The van der Waals surface area contributed by atoms with E-state index in [-0.39, 0.29) is 17.8 Å². The molecule has 120 valence electrons. The monoisotopic (exact) mass is 288 g/mol. The summed E-state index contributed by atoms with van der Waals surface area (Å²) in [6.45, 7) is 12.5. The number of aliphatic carboxylic acids is 2. The van der Waals surface area contributed by atoms with Gasteiger partial charge in [-0.3, -0.25) is 9.59 Å². The summed E-state index contributed by atoms with van der Waals surface area (Å²) in [5.74, 6) is -0.536.